The van der Waals surface area contributed by atoms with E-state index < -0.39 is 4.92 Å². The Hall–Kier alpha value is -3.13. The summed E-state index contributed by atoms with van der Waals surface area (Å²) in [5.74, 6) is 0.369. The Morgan fingerprint density at radius 3 is 2.43 bits per heavy atom. The first-order valence-corrected chi connectivity index (χ1v) is 8.79. The number of nitrogens with zero attached hydrogens (tertiary/aromatic N) is 3. The predicted octanol–water partition coefficient (Wildman–Crippen LogP) is 2.70. The first-order valence-electron chi connectivity index (χ1n) is 8.79. The molecule has 1 amide bonds. The van der Waals surface area contributed by atoms with Gasteiger partial charge in [0.15, 0.2) is 0 Å². The van der Waals surface area contributed by atoms with Crippen LogP contribution < -0.4 is 15.0 Å². The van der Waals surface area contributed by atoms with Crippen LogP contribution in [0.25, 0.3) is 0 Å². The lowest BCUT2D eigenvalue weighted by molar-refractivity contribution is -0.384. The lowest BCUT2D eigenvalue weighted by Gasteiger charge is -2.27. The van der Waals surface area contributed by atoms with E-state index in [4.69, 9.17) is 4.74 Å². The van der Waals surface area contributed by atoms with Gasteiger partial charge in [0.1, 0.15) is 5.75 Å². The van der Waals surface area contributed by atoms with Gasteiger partial charge in [0.05, 0.1) is 23.6 Å². The Morgan fingerprint density at radius 1 is 1.18 bits per heavy atom. The number of non-ortho nitro benzene ring substituents is 1. The summed E-state index contributed by atoms with van der Waals surface area (Å²) >= 11 is 0. The molecule has 0 saturated carbocycles. The van der Waals surface area contributed by atoms with Crippen molar-refractivity contribution in [1.82, 2.24) is 10.2 Å². The highest BCUT2D eigenvalue weighted by Gasteiger charge is 2.22. The first-order chi connectivity index (χ1) is 13.3. The fourth-order valence-corrected chi connectivity index (χ4v) is 3.01. The molecule has 2 aromatic carbocycles. The molecular formula is C20H26N4O4. The molecular weight excluding hydrogens is 360 g/mol. The molecule has 0 bridgehead atoms. The molecule has 0 saturated heterocycles. The van der Waals surface area contributed by atoms with Crippen molar-refractivity contribution in [3.63, 3.8) is 0 Å². The normalized spacial score (nSPS) is 11.8. The van der Waals surface area contributed by atoms with Gasteiger partial charge in [-0.3, -0.25) is 14.9 Å². The van der Waals surface area contributed by atoms with E-state index in [9.17, 15) is 14.9 Å². The van der Waals surface area contributed by atoms with Crippen molar-refractivity contribution >= 4 is 17.3 Å². The van der Waals surface area contributed by atoms with Crippen LogP contribution in [-0.4, -0.2) is 57.6 Å². The maximum atomic E-state index is 12.8. The number of rotatable bonds is 8. The number of likely N-dealkylation sites (N-methyl/N-ethyl adjacent to an activating group) is 1. The van der Waals surface area contributed by atoms with E-state index in [-0.39, 0.29) is 23.2 Å². The van der Waals surface area contributed by atoms with Crippen molar-refractivity contribution in [2.75, 3.05) is 46.7 Å². The number of amides is 1. The molecule has 0 fully saturated rings. The Kier molecular flexibility index (Phi) is 6.94. The summed E-state index contributed by atoms with van der Waals surface area (Å²) in [5, 5.41) is 14.0. The quantitative estimate of drug-likeness (QED) is 0.554. The highest BCUT2D eigenvalue weighted by atomic mass is 16.6. The topological polar surface area (TPSA) is 87.9 Å². The molecule has 2 rings (SSSR count). The second-order valence-electron chi connectivity index (χ2n) is 6.78. The number of carbonyl (C=O) groups is 1. The maximum Gasteiger partial charge on any atom is 0.270 e. The molecule has 0 aromatic heterocycles. The molecule has 1 atom stereocenters. The number of hydrogen-bond acceptors (Lipinski definition) is 6. The minimum absolute atomic E-state index is 0.121. The molecule has 2 aromatic rings. The fourth-order valence-electron chi connectivity index (χ4n) is 3.01. The summed E-state index contributed by atoms with van der Waals surface area (Å²) in [6.07, 6.45) is 0. The first kappa shape index (κ1) is 21.2. The predicted molar refractivity (Wildman–Crippen MR) is 109 cm³/mol. The summed E-state index contributed by atoms with van der Waals surface area (Å²) in [7, 11) is 9.02. The van der Waals surface area contributed by atoms with Crippen LogP contribution in [0.1, 0.15) is 22.0 Å². The summed E-state index contributed by atoms with van der Waals surface area (Å²) < 4.78 is 5.44. The summed E-state index contributed by atoms with van der Waals surface area (Å²) in [6.45, 7) is 0.321. The van der Waals surface area contributed by atoms with E-state index in [0.717, 1.165) is 11.3 Å². The number of ether oxygens (including phenoxy) is 1. The molecule has 28 heavy (non-hydrogen) atoms. The molecule has 0 aliphatic heterocycles. The van der Waals surface area contributed by atoms with Crippen LogP contribution in [0.15, 0.2) is 42.5 Å². The smallest absolute Gasteiger partial charge is 0.270 e. The molecule has 1 unspecified atom stereocenters. The summed E-state index contributed by atoms with van der Waals surface area (Å²) in [6, 6.07) is 11.8. The standard InChI is InChI=1S/C20H26N4O4/c1-22(2)17-11-10-14(24(26)27)12-16(17)20(25)21-13-18(23(3)4)15-8-6-7-9-19(15)28-5/h6-12,18H,13H2,1-5H3,(H,21,25). The molecule has 0 radical (unpaired) electrons. The van der Waals surface area contributed by atoms with Crippen molar-refractivity contribution in [2.45, 2.75) is 6.04 Å². The number of hydrogen-bond donors (Lipinski definition) is 1. The maximum absolute atomic E-state index is 12.8. The van der Waals surface area contributed by atoms with Crippen LogP contribution in [0.4, 0.5) is 11.4 Å². The molecule has 0 aliphatic carbocycles. The average molecular weight is 386 g/mol. The van der Waals surface area contributed by atoms with Gasteiger partial charge in [-0.25, -0.2) is 0 Å². The van der Waals surface area contributed by atoms with Crippen LogP contribution in [0.3, 0.4) is 0 Å². The van der Waals surface area contributed by atoms with Crippen molar-refractivity contribution in [2.24, 2.45) is 0 Å². The van der Waals surface area contributed by atoms with Gasteiger partial charge in [-0.2, -0.15) is 0 Å². The minimum atomic E-state index is -0.506. The number of carbonyl (C=O) groups excluding carboxylic acids is 1. The lowest BCUT2D eigenvalue weighted by Crippen LogP contribution is -2.35. The second-order valence-corrected chi connectivity index (χ2v) is 6.78. The van der Waals surface area contributed by atoms with Crippen LogP contribution in [0, 0.1) is 10.1 Å². The zero-order valence-electron chi connectivity index (χ0n) is 16.8. The van der Waals surface area contributed by atoms with E-state index in [1.165, 1.54) is 12.1 Å². The number of nitrogens with one attached hydrogen (secondary N) is 1. The van der Waals surface area contributed by atoms with E-state index in [1.807, 2.05) is 43.3 Å². The highest BCUT2D eigenvalue weighted by Crippen LogP contribution is 2.28. The van der Waals surface area contributed by atoms with Gasteiger partial charge in [0.2, 0.25) is 0 Å². The number of methoxy groups -OCH3 is 1. The highest BCUT2D eigenvalue weighted by molar-refractivity contribution is 6.00. The SMILES string of the molecule is COc1ccccc1C(CNC(=O)c1cc([N+](=O)[O-])ccc1N(C)C)N(C)C. The van der Waals surface area contributed by atoms with Gasteiger partial charge in [0.25, 0.3) is 11.6 Å². The third-order valence-corrected chi connectivity index (χ3v) is 4.49. The van der Waals surface area contributed by atoms with Gasteiger partial charge in [0, 0.05) is 44.0 Å². The Bertz CT molecular complexity index is 852. The van der Waals surface area contributed by atoms with E-state index >= 15 is 0 Å². The summed E-state index contributed by atoms with van der Waals surface area (Å²) in [5.41, 5.74) is 1.70. The largest absolute Gasteiger partial charge is 0.496 e. The van der Waals surface area contributed by atoms with Crippen LogP contribution in [-0.2, 0) is 0 Å². The van der Waals surface area contributed by atoms with Crippen molar-refractivity contribution in [3.8, 4) is 5.75 Å². The molecule has 150 valence electrons. The Labute approximate surface area is 164 Å². The van der Waals surface area contributed by atoms with Crippen LogP contribution in [0.2, 0.25) is 0 Å². The van der Waals surface area contributed by atoms with E-state index in [0.29, 0.717) is 12.2 Å². The zero-order valence-corrected chi connectivity index (χ0v) is 16.8. The molecule has 8 nitrogen and oxygen atoms in total. The van der Waals surface area contributed by atoms with Crippen molar-refractivity contribution in [1.29, 1.82) is 0 Å². The lowest BCUT2D eigenvalue weighted by atomic mass is 10.0. The van der Waals surface area contributed by atoms with Crippen molar-refractivity contribution in [3.05, 3.63) is 63.7 Å². The molecule has 0 heterocycles. The second kappa shape index (κ2) is 9.18. The number of benzene rings is 2. The van der Waals surface area contributed by atoms with Crippen LogP contribution >= 0.6 is 0 Å². The van der Waals surface area contributed by atoms with Crippen LogP contribution in [0.5, 0.6) is 5.75 Å². The Balaban J connectivity index is 2.28. The van der Waals surface area contributed by atoms with E-state index in [1.54, 1.807) is 32.2 Å². The number of anilines is 1. The summed E-state index contributed by atoms with van der Waals surface area (Å²) in [4.78, 5) is 27.2. The molecule has 1 N–H and O–H groups in total. The third-order valence-electron chi connectivity index (χ3n) is 4.49. The molecule has 0 aliphatic rings. The molecule has 0 spiro atoms. The third kappa shape index (κ3) is 4.77. The zero-order chi connectivity index (χ0) is 20.8. The number of nitro groups is 1. The van der Waals surface area contributed by atoms with Gasteiger partial charge in [-0.15, -0.1) is 0 Å². The van der Waals surface area contributed by atoms with Gasteiger partial charge in [-0.05, 0) is 26.2 Å². The van der Waals surface area contributed by atoms with Crippen molar-refractivity contribution < 1.29 is 14.5 Å². The van der Waals surface area contributed by atoms with Gasteiger partial charge in [-0.1, -0.05) is 18.2 Å². The monoisotopic (exact) mass is 386 g/mol. The van der Waals surface area contributed by atoms with E-state index in [2.05, 4.69) is 5.32 Å². The Morgan fingerprint density at radius 2 is 1.86 bits per heavy atom. The van der Waals surface area contributed by atoms with Gasteiger partial charge >= 0.3 is 0 Å². The fraction of sp³-hybridized carbons (Fsp3) is 0.350. The van der Waals surface area contributed by atoms with Gasteiger partial charge < -0.3 is 19.9 Å². The average Bonchev–Trinajstić information content (AvgIpc) is 2.67. The minimum Gasteiger partial charge on any atom is -0.496 e. The number of para-hydroxylation sites is 1. The number of nitro benzene ring substituents is 1. The molecule has 8 heteroatoms.